The van der Waals surface area contributed by atoms with E-state index in [1.807, 2.05) is 46.3 Å². The minimum Gasteiger partial charge on any atom is -0.326 e. The van der Waals surface area contributed by atoms with E-state index in [9.17, 15) is 4.79 Å². The van der Waals surface area contributed by atoms with E-state index in [0.29, 0.717) is 6.54 Å². The zero-order valence-electron chi connectivity index (χ0n) is 12.5. The largest absolute Gasteiger partial charge is 0.326 e. The average molecular weight is 322 g/mol. The van der Waals surface area contributed by atoms with E-state index >= 15 is 0 Å². The number of carbonyl (C=O) groups is 1. The van der Waals surface area contributed by atoms with Gasteiger partial charge < -0.3 is 15.5 Å². The lowest BCUT2D eigenvalue weighted by Gasteiger charge is -2.14. The Morgan fingerprint density at radius 1 is 1.30 bits per heavy atom. The van der Waals surface area contributed by atoms with Gasteiger partial charge in [0.25, 0.3) is 0 Å². The molecule has 0 bridgehead atoms. The van der Waals surface area contributed by atoms with Crippen molar-refractivity contribution in [1.82, 2.24) is 10.2 Å². The standard InChI is InChI=1S/C14H23N3O.2ClH/c1-11(9-15-2)14(18)16-13-7-5-6-12(8-13)10-17(3)4;;/h5-8,11,15H,9-10H2,1-4H3,(H,16,18);2*1H. The summed E-state index contributed by atoms with van der Waals surface area (Å²) in [6.45, 7) is 3.47. The van der Waals surface area contributed by atoms with Crippen LogP contribution in [0.5, 0.6) is 0 Å². The third-order valence-corrected chi connectivity index (χ3v) is 2.65. The molecule has 0 aliphatic carbocycles. The highest BCUT2D eigenvalue weighted by Crippen LogP contribution is 2.13. The van der Waals surface area contributed by atoms with Gasteiger partial charge in [-0.05, 0) is 38.8 Å². The molecule has 20 heavy (non-hydrogen) atoms. The number of nitrogens with zero attached hydrogens (tertiary/aromatic N) is 1. The first-order valence-electron chi connectivity index (χ1n) is 6.22. The van der Waals surface area contributed by atoms with Gasteiger partial charge in [-0.1, -0.05) is 19.1 Å². The Labute approximate surface area is 134 Å². The van der Waals surface area contributed by atoms with Crippen LogP contribution in [0.25, 0.3) is 0 Å². The van der Waals surface area contributed by atoms with E-state index in [-0.39, 0.29) is 36.6 Å². The summed E-state index contributed by atoms with van der Waals surface area (Å²) in [6, 6.07) is 7.97. The number of hydrogen-bond acceptors (Lipinski definition) is 3. The fraction of sp³-hybridized carbons (Fsp3) is 0.500. The van der Waals surface area contributed by atoms with Crippen LogP contribution in [0.3, 0.4) is 0 Å². The van der Waals surface area contributed by atoms with Gasteiger partial charge in [0.05, 0.1) is 0 Å². The summed E-state index contributed by atoms with van der Waals surface area (Å²) >= 11 is 0. The van der Waals surface area contributed by atoms with Gasteiger partial charge >= 0.3 is 0 Å². The molecule has 4 nitrogen and oxygen atoms in total. The van der Waals surface area contributed by atoms with Gasteiger partial charge in [-0.25, -0.2) is 0 Å². The molecule has 2 N–H and O–H groups in total. The molecule has 6 heteroatoms. The Morgan fingerprint density at radius 3 is 2.50 bits per heavy atom. The van der Waals surface area contributed by atoms with Crippen molar-refractivity contribution in [2.24, 2.45) is 5.92 Å². The molecule has 1 amide bonds. The maximum atomic E-state index is 11.9. The normalized spacial score (nSPS) is 11.2. The van der Waals surface area contributed by atoms with Gasteiger partial charge in [0, 0.05) is 24.7 Å². The maximum absolute atomic E-state index is 11.9. The molecule has 0 fully saturated rings. The molecule has 1 rings (SSSR count). The lowest BCUT2D eigenvalue weighted by Crippen LogP contribution is -2.28. The summed E-state index contributed by atoms with van der Waals surface area (Å²) in [5.41, 5.74) is 2.06. The fourth-order valence-corrected chi connectivity index (χ4v) is 1.78. The Hall–Kier alpha value is -0.810. The lowest BCUT2D eigenvalue weighted by molar-refractivity contribution is -0.119. The number of benzene rings is 1. The van der Waals surface area contributed by atoms with Gasteiger partial charge in [0.1, 0.15) is 0 Å². The van der Waals surface area contributed by atoms with E-state index < -0.39 is 0 Å². The minimum atomic E-state index is -0.0347. The molecule has 1 aromatic carbocycles. The van der Waals surface area contributed by atoms with Crippen LogP contribution in [0.1, 0.15) is 12.5 Å². The third-order valence-electron chi connectivity index (χ3n) is 2.65. The van der Waals surface area contributed by atoms with E-state index in [0.717, 1.165) is 12.2 Å². The summed E-state index contributed by atoms with van der Waals surface area (Å²) in [5.74, 6) is 0.0128. The second kappa shape index (κ2) is 10.9. The van der Waals surface area contributed by atoms with Crippen LogP contribution in [-0.2, 0) is 11.3 Å². The van der Waals surface area contributed by atoms with Crippen molar-refractivity contribution < 1.29 is 4.79 Å². The first-order chi connectivity index (χ1) is 8.52. The average Bonchev–Trinajstić information content (AvgIpc) is 2.28. The summed E-state index contributed by atoms with van der Waals surface area (Å²) in [5, 5.41) is 5.95. The Bertz CT molecular complexity index is 400. The quantitative estimate of drug-likeness (QED) is 0.845. The molecule has 0 radical (unpaired) electrons. The van der Waals surface area contributed by atoms with E-state index in [4.69, 9.17) is 0 Å². The fourth-order valence-electron chi connectivity index (χ4n) is 1.78. The number of anilines is 1. The lowest BCUT2D eigenvalue weighted by atomic mass is 10.1. The molecule has 0 saturated heterocycles. The molecular weight excluding hydrogens is 297 g/mol. The van der Waals surface area contributed by atoms with Crippen molar-refractivity contribution in [3.05, 3.63) is 29.8 Å². The molecule has 1 aromatic rings. The van der Waals surface area contributed by atoms with E-state index in [1.54, 1.807) is 0 Å². The van der Waals surface area contributed by atoms with Crippen molar-refractivity contribution >= 4 is 36.4 Å². The second-order valence-electron chi connectivity index (χ2n) is 4.89. The van der Waals surface area contributed by atoms with Crippen LogP contribution in [0.15, 0.2) is 24.3 Å². The number of halogens is 2. The molecule has 1 atom stereocenters. The van der Waals surface area contributed by atoms with Gasteiger partial charge in [0.15, 0.2) is 0 Å². The molecule has 0 saturated carbocycles. The van der Waals surface area contributed by atoms with Crippen LogP contribution in [-0.4, -0.2) is 38.5 Å². The van der Waals surface area contributed by atoms with Crippen LogP contribution < -0.4 is 10.6 Å². The van der Waals surface area contributed by atoms with E-state index in [1.165, 1.54) is 5.56 Å². The second-order valence-corrected chi connectivity index (χ2v) is 4.89. The van der Waals surface area contributed by atoms with Crippen LogP contribution in [0.2, 0.25) is 0 Å². The van der Waals surface area contributed by atoms with Crippen LogP contribution in [0, 0.1) is 5.92 Å². The molecule has 1 unspecified atom stereocenters. The summed E-state index contributed by atoms with van der Waals surface area (Å²) in [7, 11) is 5.90. The van der Waals surface area contributed by atoms with Crippen LogP contribution in [0.4, 0.5) is 5.69 Å². The molecule has 0 aliphatic rings. The van der Waals surface area contributed by atoms with Crippen molar-refractivity contribution in [3.8, 4) is 0 Å². The van der Waals surface area contributed by atoms with Crippen molar-refractivity contribution in [3.63, 3.8) is 0 Å². The van der Waals surface area contributed by atoms with Crippen LogP contribution >= 0.6 is 24.8 Å². The predicted octanol–water partition coefficient (Wildman–Crippen LogP) is 2.39. The number of nitrogens with one attached hydrogen (secondary N) is 2. The zero-order valence-corrected chi connectivity index (χ0v) is 14.1. The molecule has 0 heterocycles. The van der Waals surface area contributed by atoms with Crippen molar-refractivity contribution in [2.75, 3.05) is 33.0 Å². The van der Waals surface area contributed by atoms with Gasteiger partial charge in [0.2, 0.25) is 5.91 Å². The molecular formula is C14H25Cl2N3O. The van der Waals surface area contributed by atoms with Crippen molar-refractivity contribution in [2.45, 2.75) is 13.5 Å². The highest BCUT2D eigenvalue weighted by molar-refractivity contribution is 5.92. The maximum Gasteiger partial charge on any atom is 0.228 e. The SMILES string of the molecule is CNCC(C)C(=O)Nc1cccc(CN(C)C)c1.Cl.Cl. The zero-order chi connectivity index (χ0) is 13.5. The first-order valence-corrected chi connectivity index (χ1v) is 6.22. The number of rotatable bonds is 6. The minimum absolute atomic E-state index is 0. The molecule has 0 aromatic heterocycles. The Morgan fingerprint density at radius 2 is 1.95 bits per heavy atom. The van der Waals surface area contributed by atoms with Gasteiger partial charge in [-0.15, -0.1) is 24.8 Å². The monoisotopic (exact) mass is 321 g/mol. The third kappa shape index (κ3) is 7.70. The summed E-state index contributed by atoms with van der Waals surface area (Å²) in [4.78, 5) is 14.0. The Balaban J connectivity index is 0. The number of carbonyl (C=O) groups excluding carboxylic acids is 1. The van der Waals surface area contributed by atoms with Gasteiger partial charge in [-0.2, -0.15) is 0 Å². The summed E-state index contributed by atoms with van der Waals surface area (Å²) in [6.07, 6.45) is 0. The molecule has 0 aliphatic heterocycles. The molecule has 116 valence electrons. The highest BCUT2D eigenvalue weighted by atomic mass is 35.5. The number of hydrogen-bond donors (Lipinski definition) is 2. The molecule has 0 spiro atoms. The predicted molar refractivity (Wildman–Crippen MR) is 90.0 cm³/mol. The highest BCUT2D eigenvalue weighted by Gasteiger charge is 2.11. The van der Waals surface area contributed by atoms with Crippen molar-refractivity contribution in [1.29, 1.82) is 0 Å². The summed E-state index contributed by atoms with van der Waals surface area (Å²) < 4.78 is 0. The smallest absolute Gasteiger partial charge is 0.228 e. The van der Waals surface area contributed by atoms with E-state index in [2.05, 4.69) is 21.6 Å². The topological polar surface area (TPSA) is 44.4 Å². The Kier molecular flexibility index (Phi) is 11.7. The first kappa shape index (κ1) is 21.5. The van der Waals surface area contributed by atoms with Gasteiger partial charge in [-0.3, -0.25) is 4.79 Å². The number of amides is 1.